The second-order valence-corrected chi connectivity index (χ2v) is 18.9. The molecule has 0 radical (unpaired) electrons. The third-order valence-corrected chi connectivity index (χ3v) is 14.2. The Kier molecular flexibility index (Phi) is 12.6. The van der Waals surface area contributed by atoms with Gasteiger partial charge in [0, 0.05) is 44.8 Å². The highest BCUT2D eigenvalue weighted by molar-refractivity contribution is 7.21. The Morgan fingerprint density at radius 3 is 2.10 bits per heavy atom. The third-order valence-electron chi connectivity index (χ3n) is 13.4. The van der Waals surface area contributed by atoms with Crippen molar-refractivity contribution in [3.05, 3.63) is 82.9 Å². The molecule has 6 rings (SSSR count). The number of amides is 1. The van der Waals surface area contributed by atoms with Crippen LogP contribution in [-0.2, 0) is 42.7 Å². The molecule has 2 aromatic rings. The van der Waals surface area contributed by atoms with Gasteiger partial charge in [0.15, 0.2) is 5.60 Å². The summed E-state index contributed by atoms with van der Waals surface area (Å²) in [6.07, 6.45) is -5.24. The standard InChI is InChI=1S/C46H60NO12P/c1-25-30(56-39(49)26(2)34(28-18-14-12-15-19-28)47-41(51)59-42(4,5)6)23-46(52)37(57-40(50)29-20-16-13-17-21-29)36-44(9,38(60)35(54-11)33(25)43(46,7)8)31(53-10)22-32-45(36,24-55-32)58-27(3)48/h12-21,26,30-32,34-37,52,60H,22-24H2,1-11H3,(H,47,51)/t26-,30+,31+,32-,34-,35-,36+,37+,44-,45+,46-/m1/s1. The van der Waals surface area contributed by atoms with Crippen molar-refractivity contribution in [2.75, 3.05) is 20.8 Å². The van der Waals surface area contributed by atoms with Gasteiger partial charge in [-0.15, -0.1) is 8.86 Å². The zero-order chi connectivity index (χ0) is 44.2. The number of rotatable bonds is 10. The molecule has 13 nitrogen and oxygen atoms in total. The third kappa shape index (κ3) is 7.70. The summed E-state index contributed by atoms with van der Waals surface area (Å²) in [6, 6.07) is 16.6. The van der Waals surface area contributed by atoms with Crippen molar-refractivity contribution in [2.24, 2.45) is 22.7 Å². The lowest BCUT2D eigenvalue weighted by molar-refractivity contribution is -0.342. The molecule has 1 saturated heterocycles. The molecular weight excluding hydrogens is 789 g/mol. The second-order valence-electron chi connectivity index (χ2n) is 18.4. The van der Waals surface area contributed by atoms with Crippen molar-refractivity contribution >= 4 is 38.2 Å². The minimum Gasteiger partial charge on any atom is -0.457 e. The number of esters is 3. The second kappa shape index (κ2) is 16.6. The number of methoxy groups -OCH3 is 2. The van der Waals surface area contributed by atoms with Crippen molar-refractivity contribution in [3.8, 4) is 0 Å². The van der Waals surface area contributed by atoms with Gasteiger partial charge in [0.25, 0.3) is 0 Å². The van der Waals surface area contributed by atoms with E-state index in [-0.39, 0.29) is 18.6 Å². The molecule has 0 aromatic heterocycles. The number of nitrogens with one attached hydrogen (secondary N) is 1. The lowest BCUT2D eigenvalue weighted by atomic mass is 9.45. The molecule has 3 aliphatic carbocycles. The van der Waals surface area contributed by atoms with Gasteiger partial charge in [-0.05, 0) is 68.8 Å². The number of carbonyl (C=O) groups excluding carboxylic acids is 4. The average molecular weight is 850 g/mol. The fourth-order valence-corrected chi connectivity index (χ4v) is 10.9. The summed E-state index contributed by atoms with van der Waals surface area (Å²) in [5.41, 5.74) is -4.46. The van der Waals surface area contributed by atoms with Crippen LogP contribution < -0.4 is 5.32 Å². The summed E-state index contributed by atoms with van der Waals surface area (Å²) < 4.78 is 43.8. The summed E-state index contributed by atoms with van der Waals surface area (Å²) in [7, 11) is 7.21. The van der Waals surface area contributed by atoms with Crippen molar-refractivity contribution in [3.63, 3.8) is 0 Å². The van der Waals surface area contributed by atoms with Crippen molar-refractivity contribution in [1.29, 1.82) is 0 Å². The highest BCUT2D eigenvalue weighted by Crippen LogP contribution is 2.65. The number of hydrogen-bond donors (Lipinski definition) is 2. The number of fused-ring (bicyclic) bond motifs is 5. The van der Waals surface area contributed by atoms with Gasteiger partial charge in [-0.1, -0.05) is 69.3 Å². The minimum atomic E-state index is -2.02. The van der Waals surface area contributed by atoms with Gasteiger partial charge in [0.2, 0.25) is 0 Å². The number of carbonyl (C=O) groups is 4. The first kappa shape index (κ1) is 45.4. The fourth-order valence-electron chi connectivity index (χ4n) is 10.3. The van der Waals surface area contributed by atoms with E-state index in [4.69, 9.17) is 33.2 Å². The largest absolute Gasteiger partial charge is 0.457 e. The van der Waals surface area contributed by atoms with Crippen LogP contribution in [0.5, 0.6) is 0 Å². The lowest BCUT2D eigenvalue weighted by Crippen LogP contribution is -2.81. The molecule has 4 aliphatic rings. The Hall–Kier alpha value is -4.13. The summed E-state index contributed by atoms with van der Waals surface area (Å²) in [5.74, 6) is -3.89. The predicted molar refractivity (Wildman–Crippen MR) is 225 cm³/mol. The zero-order valence-corrected chi connectivity index (χ0v) is 37.5. The molecule has 326 valence electrons. The number of alkyl carbamates (subject to hydrolysis) is 1. The molecular formula is C46H60NO12P. The number of hydrogen-bond acceptors (Lipinski definition) is 12. The number of ether oxygens (including phenoxy) is 7. The molecule has 2 N–H and O–H groups in total. The van der Waals surface area contributed by atoms with E-state index in [1.165, 1.54) is 6.92 Å². The van der Waals surface area contributed by atoms with Gasteiger partial charge in [-0.2, -0.15) is 0 Å². The van der Waals surface area contributed by atoms with Gasteiger partial charge >= 0.3 is 24.0 Å². The fraction of sp³-hybridized carbons (Fsp3) is 0.587. The zero-order valence-electron chi connectivity index (χ0n) is 36.5. The van der Waals surface area contributed by atoms with Gasteiger partial charge in [0.05, 0.1) is 36.2 Å². The number of benzene rings is 2. The van der Waals surface area contributed by atoms with Gasteiger partial charge in [0.1, 0.15) is 35.6 Å². The maximum atomic E-state index is 14.5. The van der Waals surface area contributed by atoms with Gasteiger partial charge in [-0.25, -0.2) is 9.59 Å². The minimum absolute atomic E-state index is 0.0375. The normalized spacial score (nSPS) is 33.0. The first-order valence-electron chi connectivity index (χ1n) is 20.5. The van der Waals surface area contributed by atoms with E-state index in [2.05, 4.69) is 14.2 Å². The Balaban J connectivity index is 1.52. The summed E-state index contributed by atoms with van der Waals surface area (Å²) in [5, 5.41) is 17.3. The monoisotopic (exact) mass is 849 g/mol. The van der Waals surface area contributed by atoms with Crippen LogP contribution in [0.3, 0.4) is 0 Å². The van der Waals surface area contributed by atoms with Gasteiger partial charge < -0.3 is 43.6 Å². The van der Waals surface area contributed by atoms with Crippen LogP contribution in [0.15, 0.2) is 71.8 Å². The highest BCUT2D eigenvalue weighted by atomic mass is 31.0. The van der Waals surface area contributed by atoms with Crippen LogP contribution in [-0.4, -0.2) is 103 Å². The lowest BCUT2D eigenvalue weighted by Gasteiger charge is -2.69. The van der Waals surface area contributed by atoms with E-state index < -0.39 is 100 Å². The molecule has 2 aromatic carbocycles. The van der Waals surface area contributed by atoms with E-state index in [0.29, 0.717) is 28.4 Å². The smallest absolute Gasteiger partial charge is 0.408 e. The Morgan fingerprint density at radius 2 is 1.57 bits per heavy atom. The summed E-state index contributed by atoms with van der Waals surface area (Å²) in [6.45, 7) is 15.7. The average Bonchev–Trinajstić information content (AvgIpc) is 3.18. The molecule has 11 atom stereocenters. The van der Waals surface area contributed by atoms with Crippen LogP contribution in [0, 0.1) is 22.7 Å². The van der Waals surface area contributed by atoms with Crippen molar-refractivity contribution < 1.29 is 57.4 Å². The molecule has 1 aliphatic heterocycles. The van der Waals surface area contributed by atoms with Crippen LogP contribution >= 0.6 is 8.86 Å². The molecule has 1 amide bonds. The maximum absolute atomic E-state index is 14.5. The van der Waals surface area contributed by atoms with Crippen LogP contribution in [0.4, 0.5) is 4.79 Å². The Bertz CT molecular complexity index is 2010. The van der Waals surface area contributed by atoms with Crippen molar-refractivity contribution in [2.45, 2.75) is 129 Å². The van der Waals surface area contributed by atoms with E-state index in [1.807, 2.05) is 45.9 Å². The first-order valence-corrected chi connectivity index (χ1v) is 21.0. The molecule has 2 saturated carbocycles. The Morgan fingerprint density at radius 1 is 0.950 bits per heavy atom. The van der Waals surface area contributed by atoms with Gasteiger partial charge in [-0.3, -0.25) is 9.59 Å². The van der Waals surface area contributed by atoms with Crippen LogP contribution in [0.1, 0.15) is 97.1 Å². The summed E-state index contributed by atoms with van der Waals surface area (Å²) in [4.78, 5) is 55.2. The van der Waals surface area contributed by atoms with Crippen LogP contribution in [0.25, 0.3) is 0 Å². The molecule has 2 bridgehead atoms. The molecule has 0 unspecified atom stereocenters. The molecule has 14 heteroatoms. The number of aliphatic hydroxyl groups is 1. The quantitative estimate of drug-likeness (QED) is 0.114. The first-order chi connectivity index (χ1) is 28.1. The molecule has 60 heavy (non-hydrogen) atoms. The molecule has 1 heterocycles. The van der Waals surface area contributed by atoms with E-state index in [9.17, 15) is 24.3 Å². The SMILES string of the molecule is CO[C@H]1C(=P)[C@]2(C)[C@@H](OC)C[C@H]3OC[C@@]3(OC(C)=O)[C@H]2[C@H](OC(=O)c2ccccc2)[C@]2(O)C[C@H](OC(=O)[C@H](C)[C@@H](NC(=O)OC(C)(C)C)c3ccccc3)C(C)=C1C2(C)C. The topological polar surface area (TPSA) is 165 Å². The highest BCUT2D eigenvalue weighted by Gasteiger charge is 2.77. The maximum Gasteiger partial charge on any atom is 0.408 e. The predicted octanol–water partition coefficient (Wildman–Crippen LogP) is 6.59. The molecule has 3 fully saturated rings. The Labute approximate surface area is 355 Å². The van der Waals surface area contributed by atoms with E-state index in [0.717, 1.165) is 0 Å². The summed E-state index contributed by atoms with van der Waals surface area (Å²) >= 11 is 0. The van der Waals surface area contributed by atoms with Crippen molar-refractivity contribution in [1.82, 2.24) is 5.32 Å². The molecule has 0 spiro atoms. The van der Waals surface area contributed by atoms with E-state index >= 15 is 0 Å². The van der Waals surface area contributed by atoms with E-state index in [1.54, 1.807) is 84.4 Å². The van der Waals surface area contributed by atoms with Crippen LogP contribution in [0.2, 0.25) is 0 Å².